The second-order valence-electron chi connectivity index (χ2n) is 6.63. The number of aromatic carboxylic acids is 1. The fourth-order valence-corrected chi connectivity index (χ4v) is 3.78. The minimum atomic E-state index is -1.10. The molecule has 1 atom stereocenters. The number of hydrogen-bond acceptors (Lipinski definition) is 5. The third-order valence-electron chi connectivity index (χ3n) is 4.66. The highest BCUT2D eigenvalue weighted by Crippen LogP contribution is 2.36. The minimum Gasteiger partial charge on any atom is -0.478 e. The molecule has 0 aliphatic heterocycles. The number of primary amides is 1. The number of amides is 1. The van der Waals surface area contributed by atoms with Crippen LogP contribution in [0.3, 0.4) is 0 Å². The number of para-hydroxylation sites is 1. The first-order chi connectivity index (χ1) is 14.9. The summed E-state index contributed by atoms with van der Waals surface area (Å²) in [5.74, 6) is -1.54. The molecule has 0 saturated carbocycles. The third kappa shape index (κ3) is 3.90. The molecule has 0 fully saturated rings. The van der Waals surface area contributed by atoms with Crippen LogP contribution in [0.25, 0.3) is 11.0 Å². The largest absolute Gasteiger partial charge is 0.478 e. The number of fused-ring (bicyclic) bond motifs is 1. The number of halogens is 2. The number of hydrogen-bond donors (Lipinski definition) is 3. The summed E-state index contributed by atoms with van der Waals surface area (Å²) in [5, 5.41) is 13.1. The predicted molar refractivity (Wildman–Crippen MR) is 118 cm³/mol. The number of carbonyl (C=O) groups is 2. The van der Waals surface area contributed by atoms with Gasteiger partial charge in [0.2, 0.25) is 11.9 Å². The van der Waals surface area contributed by atoms with E-state index in [1.807, 2.05) is 0 Å². The highest BCUT2D eigenvalue weighted by molar-refractivity contribution is 6.39. The van der Waals surface area contributed by atoms with Crippen LogP contribution >= 0.6 is 23.2 Å². The molecule has 0 radical (unpaired) electrons. The summed E-state index contributed by atoms with van der Waals surface area (Å²) in [6.07, 6.45) is 3.11. The molecule has 8 nitrogen and oxygen atoms in total. The van der Waals surface area contributed by atoms with Gasteiger partial charge in [-0.3, -0.25) is 14.3 Å². The van der Waals surface area contributed by atoms with E-state index in [4.69, 9.17) is 28.9 Å². The van der Waals surface area contributed by atoms with Gasteiger partial charge >= 0.3 is 5.97 Å². The summed E-state index contributed by atoms with van der Waals surface area (Å²) in [6, 6.07) is 11.8. The number of pyridine rings is 1. The molecule has 1 amide bonds. The van der Waals surface area contributed by atoms with Gasteiger partial charge in [-0.15, -0.1) is 0 Å². The number of anilines is 2. The molecular formula is C21H15Cl2N5O3. The SMILES string of the molecule is NC(=O)C(c1cccnc1)n1c(Nc2c(Cl)cccc2Cl)nc2cc(C(=O)O)ccc21. The molecule has 2 heterocycles. The van der Waals surface area contributed by atoms with Crippen LogP contribution in [-0.2, 0) is 4.79 Å². The Balaban J connectivity index is 1.98. The quantitative estimate of drug-likeness (QED) is 0.399. The number of rotatable bonds is 6. The van der Waals surface area contributed by atoms with Crippen molar-refractivity contribution in [3.8, 4) is 0 Å². The monoisotopic (exact) mass is 455 g/mol. The van der Waals surface area contributed by atoms with E-state index in [-0.39, 0.29) is 11.5 Å². The fraction of sp³-hybridized carbons (Fsp3) is 0.0476. The molecule has 31 heavy (non-hydrogen) atoms. The molecule has 2 aromatic carbocycles. The second-order valence-corrected chi connectivity index (χ2v) is 7.44. The van der Waals surface area contributed by atoms with E-state index in [1.54, 1.807) is 47.2 Å². The number of benzene rings is 2. The number of carboxylic acids is 1. The lowest BCUT2D eigenvalue weighted by atomic mass is 10.1. The minimum absolute atomic E-state index is 0.0523. The molecule has 0 aliphatic carbocycles. The first-order valence-electron chi connectivity index (χ1n) is 9.02. The zero-order valence-electron chi connectivity index (χ0n) is 15.8. The molecule has 0 spiro atoms. The Bertz CT molecular complexity index is 1290. The molecule has 0 aliphatic rings. The lowest BCUT2D eigenvalue weighted by Crippen LogP contribution is -2.28. The van der Waals surface area contributed by atoms with E-state index in [9.17, 15) is 14.7 Å². The summed E-state index contributed by atoms with van der Waals surface area (Å²) in [5.41, 5.74) is 7.57. The van der Waals surface area contributed by atoms with Crippen molar-refractivity contribution in [3.63, 3.8) is 0 Å². The Labute approximate surface area is 186 Å². The van der Waals surface area contributed by atoms with Crippen molar-refractivity contribution >= 4 is 57.7 Å². The maximum Gasteiger partial charge on any atom is 0.335 e. The van der Waals surface area contributed by atoms with Gasteiger partial charge in [-0.05, 0) is 36.4 Å². The van der Waals surface area contributed by atoms with Crippen molar-refractivity contribution in [1.29, 1.82) is 0 Å². The topological polar surface area (TPSA) is 123 Å². The van der Waals surface area contributed by atoms with Gasteiger partial charge < -0.3 is 16.2 Å². The molecule has 10 heteroatoms. The molecule has 0 saturated heterocycles. The molecule has 1 unspecified atom stereocenters. The van der Waals surface area contributed by atoms with Gasteiger partial charge in [0.1, 0.15) is 6.04 Å². The van der Waals surface area contributed by atoms with Crippen LogP contribution in [0.15, 0.2) is 60.9 Å². The predicted octanol–water partition coefficient (Wildman–Crippen LogP) is 4.25. The Morgan fingerprint density at radius 3 is 2.45 bits per heavy atom. The van der Waals surface area contributed by atoms with Crippen LogP contribution in [-0.4, -0.2) is 31.5 Å². The summed E-state index contributed by atoms with van der Waals surface area (Å²) in [6.45, 7) is 0. The molecule has 4 rings (SSSR count). The lowest BCUT2D eigenvalue weighted by molar-refractivity contribution is -0.120. The summed E-state index contributed by atoms with van der Waals surface area (Å²) in [7, 11) is 0. The summed E-state index contributed by atoms with van der Waals surface area (Å²) in [4.78, 5) is 32.5. The maximum atomic E-state index is 12.5. The van der Waals surface area contributed by atoms with Crippen molar-refractivity contribution in [2.75, 3.05) is 5.32 Å². The van der Waals surface area contributed by atoms with Crippen molar-refractivity contribution in [3.05, 3.63) is 82.1 Å². The average molecular weight is 456 g/mol. The Hall–Kier alpha value is -3.62. The number of carbonyl (C=O) groups excluding carboxylic acids is 1. The standard InChI is InChI=1S/C21H15Cl2N5O3/c22-13-4-1-5-14(23)17(13)27-21-26-15-9-11(20(30)31)6-7-16(15)28(21)18(19(24)29)12-3-2-8-25-10-12/h1-10,18H,(H2,24,29)(H,26,27)(H,30,31). The fourth-order valence-electron chi connectivity index (χ4n) is 3.29. The number of imidazole rings is 1. The van der Waals surface area contributed by atoms with Crippen LogP contribution < -0.4 is 11.1 Å². The first kappa shape index (κ1) is 20.6. The molecular weight excluding hydrogens is 441 g/mol. The van der Waals surface area contributed by atoms with E-state index in [0.29, 0.717) is 32.3 Å². The number of nitrogens with two attached hydrogens (primary N) is 1. The number of aromatic nitrogens is 3. The normalized spacial score (nSPS) is 11.9. The zero-order chi connectivity index (χ0) is 22.1. The number of nitrogens with one attached hydrogen (secondary N) is 1. The highest BCUT2D eigenvalue weighted by atomic mass is 35.5. The molecule has 4 aromatic rings. The van der Waals surface area contributed by atoms with Gasteiger partial charge in [0.05, 0.1) is 32.3 Å². The van der Waals surface area contributed by atoms with E-state index in [1.165, 1.54) is 18.3 Å². The van der Waals surface area contributed by atoms with Crippen LogP contribution in [0.1, 0.15) is 22.0 Å². The van der Waals surface area contributed by atoms with Gasteiger partial charge in [0.15, 0.2) is 0 Å². The van der Waals surface area contributed by atoms with Crippen LogP contribution in [0.4, 0.5) is 11.6 Å². The molecule has 156 valence electrons. The first-order valence-corrected chi connectivity index (χ1v) is 9.78. The third-order valence-corrected chi connectivity index (χ3v) is 5.29. The van der Waals surface area contributed by atoms with E-state index < -0.39 is 17.9 Å². The van der Waals surface area contributed by atoms with Gasteiger partial charge in [0.25, 0.3) is 0 Å². The zero-order valence-corrected chi connectivity index (χ0v) is 17.3. The Morgan fingerprint density at radius 1 is 1.10 bits per heavy atom. The highest BCUT2D eigenvalue weighted by Gasteiger charge is 2.27. The summed E-state index contributed by atoms with van der Waals surface area (Å²) >= 11 is 12.6. The van der Waals surface area contributed by atoms with Crippen LogP contribution in [0.2, 0.25) is 10.0 Å². The van der Waals surface area contributed by atoms with Crippen LogP contribution in [0, 0.1) is 0 Å². The smallest absolute Gasteiger partial charge is 0.335 e. The van der Waals surface area contributed by atoms with Gasteiger partial charge in [-0.2, -0.15) is 0 Å². The van der Waals surface area contributed by atoms with Crippen LogP contribution in [0.5, 0.6) is 0 Å². The lowest BCUT2D eigenvalue weighted by Gasteiger charge is -2.20. The van der Waals surface area contributed by atoms with Gasteiger partial charge in [-0.25, -0.2) is 9.78 Å². The Kier molecular flexibility index (Phi) is 5.50. The average Bonchev–Trinajstić information content (AvgIpc) is 3.08. The van der Waals surface area contributed by atoms with E-state index in [0.717, 1.165) is 0 Å². The number of carboxylic acid groups (broad SMARTS) is 1. The van der Waals surface area contributed by atoms with Crippen molar-refractivity contribution < 1.29 is 14.7 Å². The van der Waals surface area contributed by atoms with Crippen molar-refractivity contribution in [1.82, 2.24) is 14.5 Å². The summed E-state index contributed by atoms with van der Waals surface area (Å²) < 4.78 is 1.57. The maximum absolute atomic E-state index is 12.5. The second kappa shape index (κ2) is 8.25. The van der Waals surface area contributed by atoms with E-state index in [2.05, 4.69) is 15.3 Å². The molecule has 0 bridgehead atoms. The van der Waals surface area contributed by atoms with Gasteiger partial charge in [0, 0.05) is 18.0 Å². The van der Waals surface area contributed by atoms with Gasteiger partial charge in [-0.1, -0.05) is 35.3 Å². The van der Waals surface area contributed by atoms with E-state index >= 15 is 0 Å². The molecule has 4 N–H and O–H groups in total. The number of nitrogens with zero attached hydrogens (tertiary/aromatic N) is 3. The Morgan fingerprint density at radius 2 is 1.84 bits per heavy atom. The molecule has 2 aromatic heterocycles. The van der Waals surface area contributed by atoms with Crippen molar-refractivity contribution in [2.24, 2.45) is 5.73 Å². The van der Waals surface area contributed by atoms with Crippen molar-refractivity contribution in [2.45, 2.75) is 6.04 Å².